The average Bonchev–Trinajstić information content (AvgIpc) is 3.48. The number of fused-ring (bicyclic) bond motifs is 5. The van der Waals surface area contributed by atoms with Crippen LogP contribution < -0.4 is 0 Å². The quantitative estimate of drug-likeness (QED) is 0.381. The number of hydrogen-bond donors (Lipinski definition) is 2. The third kappa shape index (κ3) is 2.87. The van der Waals surface area contributed by atoms with E-state index in [2.05, 4.69) is 12.1 Å². The van der Waals surface area contributed by atoms with E-state index in [4.69, 9.17) is 18.9 Å². The molecule has 6 aliphatic rings. The predicted octanol–water partition coefficient (Wildman–Crippen LogP) is 3.56. The van der Waals surface area contributed by atoms with Gasteiger partial charge >= 0.3 is 0 Å². The molecule has 0 bridgehead atoms. The van der Waals surface area contributed by atoms with Crippen molar-refractivity contribution < 1.29 is 29.3 Å². The SMILES string of the molecule is CC1([C@@H]2CC[C@@H]3[C@@H]4CC[C@@H]5CC6(CC[C@]5(C)[C@@H]4[C@H](O)C[C@]32/C=N\O)OCCO6)OCCO1. The third-order valence-electron chi connectivity index (χ3n) is 10.8. The normalized spacial score (nSPS) is 51.6. The second kappa shape index (κ2) is 7.38. The maximum Gasteiger partial charge on any atom is 0.169 e. The number of aliphatic hydroxyl groups excluding tert-OH is 1. The fourth-order valence-corrected chi connectivity index (χ4v) is 9.61. The standard InChI is InChI=1S/C25H39NO6/c1-22-7-8-25(31-11-12-32-25)13-16(22)3-4-17-18-5-6-20(23(2)29-9-10-30-23)24(18,15-26-28)14-19(27)21(17)22/h15-21,27-28H,3-14H2,1-2H3/b26-15-/t16-,17+,18-,19-,20+,21+,22+,24+/m1/s1. The molecule has 0 radical (unpaired) electrons. The summed E-state index contributed by atoms with van der Waals surface area (Å²) < 4.78 is 24.4. The van der Waals surface area contributed by atoms with Crippen molar-refractivity contribution >= 4 is 6.21 Å². The van der Waals surface area contributed by atoms with Gasteiger partial charge in [0.05, 0.1) is 38.7 Å². The van der Waals surface area contributed by atoms with Crippen LogP contribution in [0.25, 0.3) is 0 Å². The molecule has 6 rings (SSSR count). The van der Waals surface area contributed by atoms with Gasteiger partial charge in [0.2, 0.25) is 0 Å². The highest BCUT2D eigenvalue weighted by atomic mass is 16.7. The summed E-state index contributed by atoms with van der Waals surface area (Å²) in [5.41, 5.74) is -0.293. The number of hydrogen-bond acceptors (Lipinski definition) is 7. The van der Waals surface area contributed by atoms with Crippen molar-refractivity contribution in [2.45, 2.75) is 82.9 Å². The molecule has 2 saturated heterocycles. The fraction of sp³-hybridized carbons (Fsp3) is 0.960. The lowest BCUT2D eigenvalue weighted by Crippen LogP contribution is -2.62. The number of nitrogens with zero attached hydrogens (tertiary/aromatic N) is 1. The van der Waals surface area contributed by atoms with Crippen LogP contribution in [0.15, 0.2) is 5.16 Å². The molecule has 0 unspecified atom stereocenters. The number of oxime groups is 1. The molecule has 6 fully saturated rings. The van der Waals surface area contributed by atoms with Gasteiger partial charge in [0.15, 0.2) is 11.6 Å². The Morgan fingerprint density at radius 1 is 0.875 bits per heavy atom. The summed E-state index contributed by atoms with van der Waals surface area (Å²) in [5.74, 6) is 0.630. The summed E-state index contributed by atoms with van der Waals surface area (Å²) in [6.45, 7) is 7.07. The summed E-state index contributed by atoms with van der Waals surface area (Å²) in [4.78, 5) is 0. The van der Waals surface area contributed by atoms with Crippen molar-refractivity contribution in [2.24, 2.45) is 45.6 Å². The molecule has 32 heavy (non-hydrogen) atoms. The predicted molar refractivity (Wildman–Crippen MR) is 116 cm³/mol. The van der Waals surface area contributed by atoms with Gasteiger partial charge in [-0.1, -0.05) is 6.92 Å². The van der Waals surface area contributed by atoms with Gasteiger partial charge in [-0.15, -0.1) is 5.16 Å². The van der Waals surface area contributed by atoms with Crippen LogP contribution in [0.3, 0.4) is 0 Å². The van der Waals surface area contributed by atoms with Crippen LogP contribution in [0.2, 0.25) is 0 Å². The summed E-state index contributed by atoms with van der Waals surface area (Å²) in [7, 11) is 0. The van der Waals surface area contributed by atoms with Gasteiger partial charge in [-0.05, 0) is 74.5 Å². The maximum atomic E-state index is 11.8. The van der Waals surface area contributed by atoms with E-state index in [9.17, 15) is 10.3 Å². The summed E-state index contributed by atoms with van der Waals surface area (Å²) >= 11 is 0. The Bertz CT molecular complexity index is 762. The van der Waals surface area contributed by atoms with Crippen LogP contribution >= 0.6 is 0 Å². The summed E-state index contributed by atoms with van der Waals surface area (Å²) in [5, 5.41) is 25.1. The van der Waals surface area contributed by atoms with Crippen molar-refractivity contribution in [3.8, 4) is 0 Å². The zero-order valence-corrected chi connectivity index (χ0v) is 19.5. The van der Waals surface area contributed by atoms with Gasteiger partial charge in [0.25, 0.3) is 0 Å². The molecule has 7 nitrogen and oxygen atoms in total. The van der Waals surface area contributed by atoms with E-state index in [0.717, 1.165) is 44.9 Å². The smallest absolute Gasteiger partial charge is 0.169 e. The zero-order chi connectivity index (χ0) is 22.2. The highest BCUT2D eigenvalue weighted by molar-refractivity contribution is 5.68. The largest absolute Gasteiger partial charge is 0.411 e. The molecule has 180 valence electrons. The van der Waals surface area contributed by atoms with E-state index in [1.54, 1.807) is 6.21 Å². The minimum atomic E-state index is -0.669. The molecule has 2 aliphatic heterocycles. The Hall–Kier alpha value is -0.730. The Morgan fingerprint density at radius 2 is 1.59 bits per heavy atom. The topological polar surface area (TPSA) is 89.7 Å². The molecule has 0 aromatic heterocycles. The van der Waals surface area contributed by atoms with Crippen LogP contribution in [0.4, 0.5) is 0 Å². The van der Waals surface area contributed by atoms with Crippen molar-refractivity contribution in [3.05, 3.63) is 0 Å². The minimum absolute atomic E-state index is 0.0910. The Balaban J connectivity index is 1.33. The number of aliphatic hydroxyl groups is 1. The van der Waals surface area contributed by atoms with Gasteiger partial charge in [0.1, 0.15) is 0 Å². The molecule has 2 N–H and O–H groups in total. The van der Waals surface area contributed by atoms with Gasteiger partial charge in [-0.3, -0.25) is 0 Å². The minimum Gasteiger partial charge on any atom is -0.411 e. The highest BCUT2D eigenvalue weighted by Crippen LogP contribution is 2.69. The van der Waals surface area contributed by atoms with E-state index < -0.39 is 11.9 Å². The zero-order valence-electron chi connectivity index (χ0n) is 19.5. The molecule has 8 atom stereocenters. The molecule has 0 aromatic carbocycles. The van der Waals surface area contributed by atoms with Gasteiger partial charge in [0, 0.05) is 24.2 Å². The summed E-state index contributed by atoms with van der Waals surface area (Å²) in [6.07, 6.45) is 9.17. The van der Waals surface area contributed by atoms with Crippen molar-refractivity contribution in [2.75, 3.05) is 26.4 Å². The van der Waals surface area contributed by atoms with Crippen LogP contribution in [0, 0.1) is 40.4 Å². The van der Waals surface area contributed by atoms with E-state index in [-0.39, 0.29) is 28.5 Å². The number of ether oxygens (including phenoxy) is 4. The second-order valence-corrected chi connectivity index (χ2v) is 11.9. The molecule has 0 amide bonds. The van der Waals surface area contributed by atoms with Crippen molar-refractivity contribution in [1.29, 1.82) is 0 Å². The molecule has 7 heteroatoms. The van der Waals surface area contributed by atoms with Crippen LogP contribution in [-0.4, -0.2) is 60.6 Å². The lowest BCUT2D eigenvalue weighted by Gasteiger charge is -2.63. The van der Waals surface area contributed by atoms with Crippen molar-refractivity contribution in [3.63, 3.8) is 0 Å². The molecular weight excluding hydrogens is 410 g/mol. The first-order valence-electron chi connectivity index (χ1n) is 12.8. The average molecular weight is 450 g/mol. The van der Waals surface area contributed by atoms with Crippen LogP contribution in [0.5, 0.6) is 0 Å². The van der Waals surface area contributed by atoms with Gasteiger partial charge in [-0.2, -0.15) is 0 Å². The van der Waals surface area contributed by atoms with Gasteiger partial charge in [-0.25, -0.2) is 0 Å². The number of rotatable bonds is 2. The Morgan fingerprint density at radius 3 is 2.31 bits per heavy atom. The first-order valence-corrected chi connectivity index (χ1v) is 12.8. The second-order valence-electron chi connectivity index (χ2n) is 11.9. The first-order chi connectivity index (χ1) is 15.4. The molecule has 4 saturated carbocycles. The highest BCUT2D eigenvalue weighted by Gasteiger charge is 2.68. The van der Waals surface area contributed by atoms with E-state index in [0.29, 0.717) is 50.6 Å². The van der Waals surface area contributed by atoms with Crippen LogP contribution in [-0.2, 0) is 18.9 Å². The lowest BCUT2D eigenvalue weighted by atomic mass is 9.43. The fourth-order valence-electron chi connectivity index (χ4n) is 9.61. The third-order valence-corrected chi connectivity index (χ3v) is 10.8. The molecular formula is C25H39NO6. The van der Waals surface area contributed by atoms with E-state index in [1.807, 2.05) is 6.92 Å². The van der Waals surface area contributed by atoms with E-state index >= 15 is 0 Å². The van der Waals surface area contributed by atoms with Crippen LogP contribution in [0.1, 0.15) is 65.2 Å². The lowest BCUT2D eigenvalue weighted by molar-refractivity contribution is -0.247. The van der Waals surface area contributed by atoms with Crippen molar-refractivity contribution in [1.82, 2.24) is 0 Å². The van der Waals surface area contributed by atoms with Gasteiger partial charge < -0.3 is 29.3 Å². The summed E-state index contributed by atoms with van der Waals surface area (Å²) in [6, 6.07) is 0. The molecule has 0 aromatic rings. The maximum absolute atomic E-state index is 11.8. The first kappa shape index (κ1) is 21.8. The van der Waals surface area contributed by atoms with E-state index in [1.165, 1.54) is 0 Å². The monoisotopic (exact) mass is 449 g/mol. The molecule has 4 aliphatic carbocycles. The Labute approximate surface area is 190 Å². The molecule has 2 heterocycles. The molecule has 1 spiro atoms. The Kier molecular flexibility index (Phi) is 5.02.